The van der Waals surface area contributed by atoms with E-state index in [1.165, 1.54) is 18.5 Å². The fourth-order valence-corrected chi connectivity index (χ4v) is 3.41. The normalized spacial score (nSPS) is 13.6. The molecule has 3 aromatic carbocycles. The summed E-state index contributed by atoms with van der Waals surface area (Å²) >= 11 is 0. The number of anilines is 2. The molecule has 0 spiro atoms. The summed E-state index contributed by atoms with van der Waals surface area (Å²) in [6, 6.07) is 26.0. The van der Waals surface area contributed by atoms with Crippen LogP contribution in [0.4, 0.5) is 11.4 Å². The summed E-state index contributed by atoms with van der Waals surface area (Å²) in [5.41, 5.74) is 4.91. The maximum absolute atomic E-state index is 12.6. The number of carbonyl (C=O) groups excluding carboxylic acids is 1. The van der Waals surface area contributed by atoms with Gasteiger partial charge >= 0.3 is 0 Å². The van der Waals surface area contributed by atoms with Gasteiger partial charge in [0, 0.05) is 30.0 Å². The number of hydrogen-bond donors (Lipinski definition) is 1. The first-order valence-electron chi connectivity index (χ1n) is 9.11. The van der Waals surface area contributed by atoms with Crippen LogP contribution in [0, 0.1) is 0 Å². The van der Waals surface area contributed by atoms with Crippen LogP contribution in [0.25, 0.3) is 11.1 Å². The third kappa shape index (κ3) is 3.62. The standard InChI is InChI=1S/C23H22N2O/c26-23(19-11-13-22(14-12-19)25-15-4-5-16-25)24-21-10-6-9-20(17-21)18-7-2-1-3-8-18/h1-3,6-14,17H,4-5,15-16H2,(H,24,26). The van der Waals surface area contributed by atoms with Crippen molar-refractivity contribution in [3.63, 3.8) is 0 Å². The Morgan fingerprint density at radius 2 is 1.46 bits per heavy atom. The SMILES string of the molecule is O=C(Nc1cccc(-c2ccccc2)c1)c1ccc(N2CCCC2)cc1. The van der Waals surface area contributed by atoms with E-state index in [2.05, 4.69) is 28.4 Å². The number of benzene rings is 3. The van der Waals surface area contributed by atoms with E-state index in [-0.39, 0.29) is 5.91 Å². The summed E-state index contributed by atoms with van der Waals surface area (Å²) in [7, 11) is 0. The van der Waals surface area contributed by atoms with Crippen LogP contribution in [0.5, 0.6) is 0 Å². The van der Waals surface area contributed by atoms with Crippen molar-refractivity contribution in [1.82, 2.24) is 0 Å². The highest BCUT2D eigenvalue weighted by molar-refractivity contribution is 6.04. The number of hydrogen-bond acceptors (Lipinski definition) is 2. The van der Waals surface area contributed by atoms with Gasteiger partial charge in [0.2, 0.25) is 0 Å². The van der Waals surface area contributed by atoms with Crippen molar-refractivity contribution in [3.05, 3.63) is 84.4 Å². The van der Waals surface area contributed by atoms with Crippen LogP contribution in [0.2, 0.25) is 0 Å². The van der Waals surface area contributed by atoms with Gasteiger partial charge in [-0.3, -0.25) is 4.79 Å². The van der Waals surface area contributed by atoms with Crippen LogP contribution in [0.1, 0.15) is 23.2 Å². The van der Waals surface area contributed by atoms with E-state index in [4.69, 9.17) is 0 Å². The summed E-state index contributed by atoms with van der Waals surface area (Å²) < 4.78 is 0. The van der Waals surface area contributed by atoms with Crippen molar-refractivity contribution in [3.8, 4) is 11.1 Å². The second-order valence-corrected chi connectivity index (χ2v) is 6.64. The van der Waals surface area contributed by atoms with Gasteiger partial charge in [0.15, 0.2) is 0 Å². The van der Waals surface area contributed by atoms with Gasteiger partial charge in [0.1, 0.15) is 0 Å². The minimum absolute atomic E-state index is 0.0804. The summed E-state index contributed by atoms with van der Waals surface area (Å²) in [6.45, 7) is 2.22. The molecule has 0 atom stereocenters. The highest BCUT2D eigenvalue weighted by atomic mass is 16.1. The highest BCUT2D eigenvalue weighted by Crippen LogP contribution is 2.24. The molecule has 0 saturated carbocycles. The molecule has 1 heterocycles. The van der Waals surface area contributed by atoms with Gasteiger partial charge in [-0.15, -0.1) is 0 Å². The van der Waals surface area contributed by atoms with E-state index in [0.717, 1.165) is 29.9 Å². The largest absolute Gasteiger partial charge is 0.372 e. The summed E-state index contributed by atoms with van der Waals surface area (Å²) in [5, 5.41) is 3.00. The molecule has 4 rings (SSSR count). The van der Waals surface area contributed by atoms with Gasteiger partial charge in [0.25, 0.3) is 5.91 Å². The van der Waals surface area contributed by atoms with E-state index >= 15 is 0 Å². The lowest BCUT2D eigenvalue weighted by Crippen LogP contribution is -2.18. The fraction of sp³-hybridized carbons (Fsp3) is 0.174. The van der Waals surface area contributed by atoms with E-state index < -0.39 is 0 Å². The van der Waals surface area contributed by atoms with Crippen molar-refractivity contribution in [2.75, 3.05) is 23.3 Å². The van der Waals surface area contributed by atoms with Crippen LogP contribution in [0.3, 0.4) is 0 Å². The zero-order valence-corrected chi connectivity index (χ0v) is 14.7. The molecule has 1 N–H and O–H groups in total. The molecule has 0 unspecified atom stereocenters. The molecule has 1 fully saturated rings. The summed E-state index contributed by atoms with van der Waals surface area (Å²) in [5.74, 6) is -0.0804. The van der Waals surface area contributed by atoms with Crippen molar-refractivity contribution in [2.24, 2.45) is 0 Å². The van der Waals surface area contributed by atoms with Crippen LogP contribution in [-0.4, -0.2) is 19.0 Å². The molecule has 1 aliphatic rings. The van der Waals surface area contributed by atoms with E-state index in [1.807, 2.05) is 60.7 Å². The third-order valence-electron chi connectivity index (χ3n) is 4.83. The molecular formula is C23H22N2O. The lowest BCUT2D eigenvalue weighted by molar-refractivity contribution is 0.102. The van der Waals surface area contributed by atoms with Crippen LogP contribution in [0.15, 0.2) is 78.9 Å². The molecule has 130 valence electrons. The van der Waals surface area contributed by atoms with Crippen molar-refractivity contribution in [1.29, 1.82) is 0 Å². The molecule has 3 heteroatoms. The second kappa shape index (κ2) is 7.44. The molecule has 0 aliphatic carbocycles. The molecular weight excluding hydrogens is 320 g/mol. The summed E-state index contributed by atoms with van der Waals surface area (Å²) in [4.78, 5) is 14.9. The van der Waals surface area contributed by atoms with Crippen LogP contribution < -0.4 is 10.2 Å². The topological polar surface area (TPSA) is 32.3 Å². The molecule has 1 saturated heterocycles. The van der Waals surface area contributed by atoms with Gasteiger partial charge in [0.05, 0.1) is 0 Å². The second-order valence-electron chi connectivity index (χ2n) is 6.64. The quantitative estimate of drug-likeness (QED) is 0.706. The Hall–Kier alpha value is -3.07. The van der Waals surface area contributed by atoms with Crippen molar-refractivity contribution < 1.29 is 4.79 Å². The number of amides is 1. The van der Waals surface area contributed by atoms with E-state index in [0.29, 0.717) is 5.56 Å². The molecule has 26 heavy (non-hydrogen) atoms. The van der Waals surface area contributed by atoms with E-state index in [1.54, 1.807) is 0 Å². The Morgan fingerprint density at radius 3 is 2.19 bits per heavy atom. The van der Waals surface area contributed by atoms with Crippen molar-refractivity contribution >= 4 is 17.3 Å². The Bertz CT molecular complexity index is 882. The number of carbonyl (C=O) groups is 1. The van der Waals surface area contributed by atoms with Crippen LogP contribution in [-0.2, 0) is 0 Å². The number of nitrogens with one attached hydrogen (secondary N) is 1. The first-order valence-corrected chi connectivity index (χ1v) is 9.11. The van der Waals surface area contributed by atoms with Gasteiger partial charge < -0.3 is 10.2 Å². The Labute approximate surface area is 154 Å². The molecule has 1 aliphatic heterocycles. The number of nitrogens with zero attached hydrogens (tertiary/aromatic N) is 1. The average molecular weight is 342 g/mol. The predicted octanol–water partition coefficient (Wildman–Crippen LogP) is 5.21. The highest BCUT2D eigenvalue weighted by Gasteiger charge is 2.13. The molecule has 0 radical (unpaired) electrons. The molecule has 0 bridgehead atoms. The first kappa shape index (κ1) is 16.4. The molecule has 1 amide bonds. The molecule has 3 nitrogen and oxygen atoms in total. The van der Waals surface area contributed by atoms with Gasteiger partial charge in [-0.2, -0.15) is 0 Å². The maximum atomic E-state index is 12.6. The lowest BCUT2D eigenvalue weighted by Gasteiger charge is -2.17. The Morgan fingerprint density at radius 1 is 0.769 bits per heavy atom. The van der Waals surface area contributed by atoms with Crippen LogP contribution >= 0.6 is 0 Å². The summed E-state index contributed by atoms with van der Waals surface area (Å²) in [6.07, 6.45) is 2.50. The lowest BCUT2D eigenvalue weighted by atomic mass is 10.1. The zero-order valence-electron chi connectivity index (χ0n) is 14.7. The smallest absolute Gasteiger partial charge is 0.255 e. The maximum Gasteiger partial charge on any atom is 0.255 e. The molecule has 3 aromatic rings. The van der Waals surface area contributed by atoms with Gasteiger partial charge in [-0.1, -0.05) is 42.5 Å². The zero-order chi connectivity index (χ0) is 17.8. The van der Waals surface area contributed by atoms with E-state index in [9.17, 15) is 4.79 Å². The minimum Gasteiger partial charge on any atom is -0.372 e. The average Bonchev–Trinajstić information content (AvgIpc) is 3.24. The third-order valence-corrected chi connectivity index (χ3v) is 4.83. The minimum atomic E-state index is -0.0804. The van der Waals surface area contributed by atoms with Gasteiger partial charge in [-0.25, -0.2) is 0 Å². The Balaban J connectivity index is 1.48. The number of rotatable bonds is 4. The predicted molar refractivity (Wildman–Crippen MR) is 108 cm³/mol. The monoisotopic (exact) mass is 342 g/mol. The van der Waals surface area contributed by atoms with Gasteiger partial charge in [-0.05, 0) is 60.4 Å². The Kier molecular flexibility index (Phi) is 4.69. The first-order chi connectivity index (χ1) is 12.8. The molecule has 0 aromatic heterocycles. The van der Waals surface area contributed by atoms with Crippen molar-refractivity contribution in [2.45, 2.75) is 12.8 Å². The fourth-order valence-electron chi connectivity index (χ4n) is 3.41.